The van der Waals surface area contributed by atoms with E-state index in [1.165, 1.54) is 5.56 Å². The van der Waals surface area contributed by atoms with E-state index in [0.29, 0.717) is 13.1 Å². The summed E-state index contributed by atoms with van der Waals surface area (Å²) in [5.74, 6) is 0.814. The molecule has 8 heteroatoms. The highest BCUT2D eigenvalue weighted by Gasteiger charge is 2.13. The second kappa shape index (κ2) is 10.7. The molecule has 1 atom stereocenters. The molecule has 2 heterocycles. The SMILES string of the molecule is CN=C(NCc1ncccc1C)N(C)Cc1csc(C(C)OC)n1.I. The monoisotopic (exact) mass is 475 g/mol. The van der Waals surface area contributed by atoms with Crippen LogP contribution in [-0.2, 0) is 17.8 Å². The predicted octanol–water partition coefficient (Wildman–Crippen LogP) is 3.38. The summed E-state index contributed by atoms with van der Waals surface area (Å²) in [6.45, 7) is 5.40. The number of aryl methyl sites for hydroxylation is 1. The highest BCUT2D eigenvalue weighted by Crippen LogP contribution is 2.20. The standard InChI is InChI=1S/C17H25N5OS.HI/c1-12-7-6-8-19-15(12)9-20-17(18-3)22(4)10-14-11-24-16(21-14)13(2)23-5;/h6-8,11,13H,9-10H2,1-5H3,(H,18,20);1H. The highest BCUT2D eigenvalue weighted by molar-refractivity contribution is 14.0. The number of aliphatic imine (C=N–C) groups is 1. The Labute approximate surface area is 170 Å². The molecule has 2 rings (SSSR count). The molecule has 0 aliphatic carbocycles. The van der Waals surface area contributed by atoms with Crippen molar-refractivity contribution in [3.8, 4) is 0 Å². The molecule has 2 aromatic heterocycles. The fourth-order valence-corrected chi connectivity index (χ4v) is 3.09. The molecule has 1 N–H and O–H groups in total. The molecule has 0 aromatic carbocycles. The Morgan fingerprint density at radius 3 is 2.88 bits per heavy atom. The van der Waals surface area contributed by atoms with Crippen LogP contribution in [0.5, 0.6) is 0 Å². The summed E-state index contributed by atoms with van der Waals surface area (Å²) in [5.41, 5.74) is 3.20. The lowest BCUT2D eigenvalue weighted by molar-refractivity contribution is 0.119. The van der Waals surface area contributed by atoms with Crippen LogP contribution >= 0.6 is 35.3 Å². The molecule has 2 aromatic rings. The van der Waals surface area contributed by atoms with Crippen molar-refractivity contribution in [2.24, 2.45) is 4.99 Å². The van der Waals surface area contributed by atoms with Crippen LogP contribution in [0.15, 0.2) is 28.7 Å². The topological polar surface area (TPSA) is 62.6 Å². The molecule has 0 bridgehead atoms. The van der Waals surface area contributed by atoms with Gasteiger partial charge in [-0.1, -0.05) is 6.07 Å². The molecule has 1 unspecified atom stereocenters. The van der Waals surface area contributed by atoms with Gasteiger partial charge >= 0.3 is 0 Å². The number of aromatic nitrogens is 2. The first-order valence-electron chi connectivity index (χ1n) is 7.84. The van der Waals surface area contributed by atoms with Gasteiger partial charge in [0, 0.05) is 32.8 Å². The number of halogens is 1. The summed E-state index contributed by atoms with van der Waals surface area (Å²) in [5, 5.41) is 6.41. The van der Waals surface area contributed by atoms with E-state index in [1.54, 1.807) is 25.5 Å². The average molecular weight is 475 g/mol. The number of hydrogen-bond donors (Lipinski definition) is 1. The summed E-state index contributed by atoms with van der Waals surface area (Å²) < 4.78 is 5.31. The van der Waals surface area contributed by atoms with Gasteiger partial charge in [-0.3, -0.25) is 9.98 Å². The number of rotatable bonds is 6. The van der Waals surface area contributed by atoms with Gasteiger partial charge < -0.3 is 15.0 Å². The zero-order valence-corrected chi connectivity index (χ0v) is 18.5. The van der Waals surface area contributed by atoms with E-state index in [9.17, 15) is 0 Å². The molecule has 0 saturated carbocycles. The summed E-state index contributed by atoms with van der Waals surface area (Å²) in [4.78, 5) is 15.4. The van der Waals surface area contributed by atoms with Gasteiger partial charge in [0.25, 0.3) is 0 Å². The van der Waals surface area contributed by atoms with Gasteiger partial charge in [0.1, 0.15) is 11.1 Å². The Balaban J connectivity index is 0.00000312. The van der Waals surface area contributed by atoms with Gasteiger partial charge in [-0.05, 0) is 25.5 Å². The number of methoxy groups -OCH3 is 1. The Hall–Kier alpha value is -1.26. The Morgan fingerprint density at radius 1 is 1.48 bits per heavy atom. The van der Waals surface area contributed by atoms with Crippen molar-refractivity contribution in [3.05, 3.63) is 45.7 Å². The van der Waals surface area contributed by atoms with Crippen molar-refractivity contribution >= 4 is 41.3 Å². The van der Waals surface area contributed by atoms with E-state index in [-0.39, 0.29) is 30.1 Å². The van der Waals surface area contributed by atoms with Crippen molar-refractivity contribution in [1.82, 2.24) is 20.2 Å². The molecule has 0 radical (unpaired) electrons. The number of thiazole rings is 1. The van der Waals surface area contributed by atoms with E-state index >= 15 is 0 Å². The molecular weight excluding hydrogens is 449 g/mol. The molecular formula is C17H26IN5OS. The lowest BCUT2D eigenvalue weighted by atomic mass is 10.2. The molecule has 138 valence electrons. The van der Waals surface area contributed by atoms with E-state index in [0.717, 1.165) is 22.4 Å². The number of nitrogens with zero attached hydrogens (tertiary/aromatic N) is 4. The zero-order chi connectivity index (χ0) is 17.5. The van der Waals surface area contributed by atoms with Crippen LogP contribution in [0.3, 0.4) is 0 Å². The van der Waals surface area contributed by atoms with Crippen molar-refractivity contribution < 1.29 is 4.74 Å². The van der Waals surface area contributed by atoms with Gasteiger partial charge in [-0.15, -0.1) is 35.3 Å². The zero-order valence-electron chi connectivity index (χ0n) is 15.3. The third-order valence-corrected chi connectivity index (χ3v) is 4.83. The predicted molar refractivity (Wildman–Crippen MR) is 114 cm³/mol. The highest BCUT2D eigenvalue weighted by atomic mass is 127. The minimum absolute atomic E-state index is 0. The van der Waals surface area contributed by atoms with Crippen molar-refractivity contribution in [3.63, 3.8) is 0 Å². The van der Waals surface area contributed by atoms with Gasteiger partial charge in [0.15, 0.2) is 5.96 Å². The van der Waals surface area contributed by atoms with Crippen LogP contribution in [-0.4, -0.2) is 42.0 Å². The first-order chi connectivity index (χ1) is 11.5. The summed E-state index contributed by atoms with van der Waals surface area (Å²) in [6.07, 6.45) is 1.84. The Kier molecular flexibility index (Phi) is 9.30. The maximum absolute atomic E-state index is 5.31. The van der Waals surface area contributed by atoms with Gasteiger partial charge in [0.2, 0.25) is 0 Å². The molecule has 0 fully saturated rings. The van der Waals surface area contributed by atoms with Crippen molar-refractivity contribution in [2.75, 3.05) is 21.2 Å². The fraction of sp³-hybridized carbons (Fsp3) is 0.471. The van der Waals surface area contributed by atoms with Gasteiger partial charge in [0.05, 0.1) is 24.5 Å². The molecule has 0 aliphatic heterocycles. The summed E-state index contributed by atoms with van der Waals surface area (Å²) >= 11 is 1.62. The van der Waals surface area contributed by atoms with Gasteiger partial charge in [-0.2, -0.15) is 0 Å². The maximum Gasteiger partial charge on any atom is 0.194 e. The summed E-state index contributed by atoms with van der Waals surface area (Å²) in [6, 6.07) is 4.00. The van der Waals surface area contributed by atoms with E-state index < -0.39 is 0 Å². The minimum Gasteiger partial charge on any atom is -0.375 e. The van der Waals surface area contributed by atoms with Crippen LogP contribution in [0.2, 0.25) is 0 Å². The van der Waals surface area contributed by atoms with Crippen LogP contribution in [0, 0.1) is 6.92 Å². The van der Waals surface area contributed by atoms with E-state index in [2.05, 4.69) is 43.5 Å². The number of pyridine rings is 1. The number of hydrogen-bond acceptors (Lipinski definition) is 5. The molecule has 0 spiro atoms. The van der Waals surface area contributed by atoms with Gasteiger partial charge in [-0.25, -0.2) is 4.98 Å². The minimum atomic E-state index is 0. The van der Waals surface area contributed by atoms with Crippen LogP contribution < -0.4 is 5.32 Å². The Bertz CT molecular complexity index is 691. The first kappa shape index (κ1) is 21.8. The number of ether oxygens (including phenoxy) is 1. The molecule has 6 nitrogen and oxygen atoms in total. The number of guanidine groups is 1. The summed E-state index contributed by atoms with van der Waals surface area (Å²) in [7, 11) is 5.48. The fourth-order valence-electron chi connectivity index (χ4n) is 2.25. The third-order valence-electron chi connectivity index (χ3n) is 3.78. The normalized spacial score (nSPS) is 12.4. The lowest BCUT2D eigenvalue weighted by Crippen LogP contribution is -2.38. The largest absolute Gasteiger partial charge is 0.375 e. The van der Waals surface area contributed by atoms with Crippen molar-refractivity contribution in [1.29, 1.82) is 0 Å². The quantitative estimate of drug-likeness (QED) is 0.395. The average Bonchev–Trinajstić information content (AvgIpc) is 3.04. The molecule has 0 aliphatic rings. The molecule has 0 saturated heterocycles. The van der Waals surface area contributed by atoms with Crippen LogP contribution in [0.25, 0.3) is 0 Å². The van der Waals surface area contributed by atoms with E-state index in [4.69, 9.17) is 4.74 Å². The smallest absolute Gasteiger partial charge is 0.194 e. The first-order valence-corrected chi connectivity index (χ1v) is 8.72. The maximum atomic E-state index is 5.31. The second-order valence-electron chi connectivity index (χ2n) is 5.58. The third kappa shape index (κ3) is 6.19. The molecule has 0 amide bonds. The van der Waals surface area contributed by atoms with E-state index in [1.807, 2.05) is 26.2 Å². The lowest BCUT2D eigenvalue weighted by Gasteiger charge is -2.21. The Morgan fingerprint density at radius 2 is 2.24 bits per heavy atom. The van der Waals surface area contributed by atoms with Crippen LogP contribution in [0.1, 0.15) is 35.0 Å². The second-order valence-corrected chi connectivity index (χ2v) is 6.47. The number of nitrogens with one attached hydrogen (secondary N) is 1. The van der Waals surface area contributed by atoms with Crippen LogP contribution in [0.4, 0.5) is 0 Å². The van der Waals surface area contributed by atoms with Crippen molar-refractivity contribution in [2.45, 2.75) is 33.0 Å². The molecule has 25 heavy (non-hydrogen) atoms.